The first-order valence-corrected chi connectivity index (χ1v) is 11.1. The van der Waals surface area contributed by atoms with Crippen molar-refractivity contribution < 1.29 is 4.79 Å². The van der Waals surface area contributed by atoms with Gasteiger partial charge in [-0.3, -0.25) is 4.79 Å². The van der Waals surface area contributed by atoms with Crippen molar-refractivity contribution in [1.82, 2.24) is 4.57 Å². The summed E-state index contributed by atoms with van der Waals surface area (Å²) in [6, 6.07) is 16.5. The summed E-state index contributed by atoms with van der Waals surface area (Å²) in [4.78, 5) is 17.5. The maximum Gasteiger partial charge on any atom is 0.190 e. The third kappa shape index (κ3) is 5.54. The van der Waals surface area contributed by atoms with Crippen LogP contribution >= 0.6 is 11.3 Å². The van der Waals surface area contributed by atoms with Gasteiger partial charge in [-0.2, -0.15) is 0 Å². The molecule has 0 bridgehead atoms. The van der Waals surface area contributed by atoms with Crippen molar-refractivity contribution in [2.45, 2.75) is 47.6 Å². The van der Waals surface area contributed by atoms with Crippen LogP contribution in [0.3, 0.4) is 0 Å². The topological polar surface area (TPSA) is 34.4 Å². The maximum absolute atomic E-state index is 11.7. The number of benzene rings is 2. The van der Waals surface area contributed by atoms with Gasteiger partial charge in [-0.25, -0.2) is 4.99 Å². The van der Waals surface area contributed by atoms with Gasteiger partial charge in [0.05, 0.1) is 11.4 Å². The van der Waals surface area contributed by atoms with Crippen LogP contribution in [0.5, 0.6) is 0 Å². The van der Waals surface area contributed by atoms with Gasteiger partial charge in [0.2, 0.25) is 0 Å². The lowest BCUT2D eigenvalue weighted by atomic mass is 10.0. The van der Waals surface area contributed by atoms with Gasteiger partial charge < -0.3 is 4.57 Å². The van der Waals surface area contributed by atoms with E-state index in [1.54, 1.807) is 18.3 Å². The number of carbonyl (C=O) groups excluding carboxylic acids is 1. The van der Waals surface area contributed by atoms with Gasteiger partial charge in [0.15, 0.2) is 10.6 Å². The number of hydrogen-bond acceptors (Lipinski definition) is 3. The molecule has 1 heterocycles. The van der Waals surface area contributed by atoms with Crippen LogP contribution in [0.1, 0.15) is 50.5 Å². The summed E-state index contributed by atoms with van der Waals surface area (Å²) in [5.74, 6) is 1.22. The van der Waals surface area contributed by atoms with E-state index in [-0.39, 0.29) is 5.78 Å². The Kier molecular flexibility index (Phi) is 6.86. The molecule has 29 heavy (non-hydrogen) atoms. The highest BCUT2D eigenvalue weighted by Gasteiger charge is 2.10. The van der Waals surface area contributed by atoms with Crippen LogP contribution in [-0.4, -0.2) is 10.4 Å². The highest BCUT2D eigenvalue weighted by atomic mass is 32.1. The van der Waals surface area contributed by atoms with E-state index in [1.165, 1.54) is 16.8 Å². The van der Waals surface area contributed by atoms with Crippen LogP contribution in [0.25, 0.3) is 11.3 Å². The highest BCUT2D eigenvalue weighted by Crippen LogP contribution is 2.23. The number of nitrogens with zero attached hydrogens (tertiary/aromatic N) is 2. The van der Waals surface area contributed by atoms with E-state index < -0.39 is 0 Å². The summed E-state index contributed by atoms with van der Waals surface area (Å²) in [5, 5.41) is 2.19. The van der Waals surface area contributed by atoms with E-state index in [9.17, 15) is 4.79 Å². The molecule has 0 atom stereocenters. The Morgan fingerprint density at radius 3 is 2.38 bits per heavy atom. The molecule has 3 nitrogen and oxygen atoms in total. The van der Waals surface area contributed by atoms with Crippen LogP contribution in [0.4, 0.5) is 5.69 Å². The molecular formula is C25H30N2OS. The van der Waals surface area contributed by atoms with E-state index in [4.69, 9.17) is 4.99 Å². The fourth-order valence-corrected chi connectivity index (χ4v) is 4.32. The first kappa shape index (κ1) is 21.3. The first-order chi connectivity index (χ1) is 13.8. The Morgan fingerprint density at radius 2 is 1.76 bits per heavy atom. The number of Topliss-reactive ketones (excluding diaryl/α,β-unsaturated/α-hetero) is 1. The van der Waals surface area contributed by atoms with Gasteiger partial charge in [-0.15, -0.1) is 11.3 Å². The second-order valence-corrected chi connectivity index (χ2v) is 9.26. The minimum atomic E-state index is 0.0606. The molecule has 3 rings (SSSR count). The lowest BCUT2D eigenvalue weighted by Crippen LogP contribution is -2.18. The number of carbonyl (C=O) groups is 1. The molecule has 0 aliphatic rings. The first-order valence-electron chi connectivity index (χ1n) is 10.3. The van der Waals surface area contributed by atoms with Crippen LogP contribution < -0.4 is 4.80 Å². The SMILES string of the molecule is CC(=O)c1cccc(N=c2scc(-c3ccc(CC(C)C)cc3)n2CC(C)C)c1. The summed E-state index contributed by atoms with van der Waals surface area (Å²) in [7, 11) is 0. The molecular weight excluding hydrogens is 376 g/mol. The van der Waals surface area contributed by atoms with E-state index >= 15 is 0 Å². The van der Waals surface area contributed by atoms with Gasteiger partial charge >= 0.3 is 0 Å². The van der Waals surface area contributed by atoms with E-state index in [1.807, 2.05) is 24.3 Å². The average molecular weight is 407 g/mol. The van der Waals surface area contributed by atoms with Crippen molar-refractivity contribution >= 4 is 22.8 Å². The largest absolute Gasteiger partial charge is 0.316 e. The number of rotatable bonds is 7. The van der Waals surface area contributed by atoms with E-state index in [2.05, 4.69) is 61.9 Å². The van der Waals surface area contributed by atoms with Crippen molar-refractivity contribution in [2.75, 3.05) is 0 Å². The second kappa shape index (κ2) is 9.36. The Bertz CT molecular complexity index is 1040. The molecule has 0 saturated heterocycles. The zero-order chi connectivity index (χ0) is 21.0. The number of hydrogen-bond donors (Lipinski definition) is 0. The van der Waals surface area contributed by atoms with Gasteiger partial charge in [0.25, 0.3) is 0 Å². The Labute approximate surface area is 177 Å². The lowest BCUT2D eigenvalue weighted by Gasteiger charge is -2.12. The molecule has 0 fully saturated rings. The van der Waals surface area contributed by atoms with Gasteiger partial charge in [0.1, 0.15) is 0 Å². The number of aromatic nitrogens is 1. The molecule has 4 heteroatoms. The summed E-state index contributed by atoms with van der Waals surface area (Å²) < 4.78 is 2.30. The monoisotopic (exact) mass is 406 g/mol. The minimum Gasteiger partial charge on any atom is -0.316 e. The number of thiazole rings is 1. The molecule has 3 aromatic rings. The summed E-state index contributed by atoms with van der Waals surface area (Å²) in [6.07, 6.45) is 1.10. The van der Waals surface area contributed by atoms with E-state index in [0.29, 0.717) is 17.4 Å². The predicted molar refractivity (Wildman–Crippen MR) is 123 cm³/mol. The molecule has 0 radical (unpaired) electrons. The molecule has 1 aromatic heterocycles. The fraction of sp³-hybridized carbons (Fsp3) is 0.360. The van der Waals surface area contributed by atoms with Crippen LogP contribution in [0, 0.1) is 11.8 Å². The predicted octanol–water partition coefficient (Wildman–Crippen LogP) is 6.51. The van der Waals surface area contributed by atoms with Crippen LogP contribution in [0.15, 0.2) is 58.9 Å². The van der Waals surface area contributed by atoms with Crippen LogP contribution in [0.2, 0.25) is 0 Å². The fourth-order valence-electron chi connectivity index (χ4n) is 3.38. The number of ketones is 1. The molecule has 0 N–H and O–H groups in total. The van der Waals surface area contributed by atoms with Gasteiger partial charge in [-0.1, -0.05) is 64.1 Å². The van der Waals surface area contributed by atoms with Gasteiger partial charge in [0, 0.05) is 17.5 Å². The van der Waals surface area contributed by atoms with E-state index in [0.717, 1.165) is 23.5 Å². The Morgan fingerprint density at radius 1 is 1.03 bits per heavy atom. The Balaban J connectivity index is 2.03. The molecule has 0 unspecified atom stereocenters. The third-order valence-electron chi connectivity index (χ3n) is 4.72. The van der Waals surface area contributed by atoms with Crippen molar-refractivity contribution in [2.24, 2.45) is 16.8 Å². The summed E-state index contributed by atoms with van der Waals surface area (Å²) >= 11 is 1.65. The molecule has 152 valence electrons. The zero-order valence-corrected chi connectivity index (χ0v) is 18.8. The normalized spacial score (nSPS) is 12.2. The maximum atomic E-state index is 11.7. The standard InChI is InChI=1S/C25H30N2OS/c1-17(2)13-20-9-11-21(12-10-20)24-16-29-25(27(24)15-18(3)4)26-23-8-6-7-22(14-23)19(5)28/h6-12,14,16-18H,13,15H2,1-5H3. The van der Waals surface area contributed by atoms with Crippen LogP contribution in [-0.2, 0) is 13.0 Å². The highest BCUT2D eigenvalue weighted by molar-refractivity contribution is 7.07. The lowest BCUT2D eigenvalue weighted by molar-refractivity contribution is 0.101. The summed E-state index contributed by atoms with van der Waals surface area (Å²) in [6.45, 7) is 11.4. The van der Waals surface area contributed by atoms with Crippen molar-refractivity contribution in [3.63, 3.8) is 0 Å². The summed E-state index contributed by atoms with van der Waals surface area (Å²) in [5.41, 5.74) is 5.30. The molecule has 0 saturated carbocycles. The average Bonchev–Trinajstić information content (AvgIpc) is 3.04. The molecule has 0 spiro atoms. The quantitative estimate of drug-likeness (QED) is 0.412. The van der Waals surface area contributed by atoms with Crippen molar-refractivity contribution in [3.05, 3.63) is 69.8 Å². The smallest absolute Gasteiger partial charge is 0.190 e. The second-order valence-electron chi connectivity index (χ2n) is 8.42. The van der Waals surface area contributed by atoms with Crippen molar-refractivity contribution in [1.29, 1.82) is 0 Å². The molecule has 2 aromatic carbocycles. The van der Waals surface area contributed by atoms with Crippen molar-refractivity contribution in [3.8, 4) is 11.3 Å². The Hall–Kier alpha value is -2.46. The molecule has 0 amide bonds. The zero-order valence-electron chi connectivity index (χ0n) is 18.0. The van der Waals surface area contributed by atoms with Gasteiger partial charge in [-0.05, 0) is 48.4 Å². The molecule has 0 aliphatic heterocycles. The third-order valence-corrected chi connectivity index (χ3v) is 5.58. The molecule has 0 aliphatic carbocycles. The minimum absolute atomic E-state index is 0.0606.